The number of nitrogens with zero attached hydrogens (tertiary/aromatic N) is 1. The van der Waals surface area contributed by atoms with Crippen LogP contribution in [0.2, 0.25) is 0 Å². The first-order chi connectivity index (χ1) is 8.93. The van der Waals surface area contributed by atoms with Crippen molar-refractivity contribution in [1.29, 1.82) is 0 Å². The van der Waals surface area contributed by atoms with Crippen LogP contribution in [-0.4, -0.2) is 4.98 Å². The molecule has 0 bridgehead atoms. The molecule has 0 atom stereocenters. The third kappa shape index (κ3) is 1.74. The van der Waals surface area contributed by atoms with Gasteiger partial charge in [0.1, 0.15) is 0 Å². The molecule has 0 radical (unpaired) electrons. The average Bonchev–Trinajstić information content (AvgIpc) is 3.32. The molecular formula is C17H17N. The summed E-state index contributed by atoms with van der Waals surface area (Å²) in [5.74, 6) is 1.55. The van der Waals surface area contributed by atoms with Crippen LogP contribution in [0, 0.1) is 0 Å². The molecule has 1 aromatic heterocycles. The van der Waals surface area contributed by atoms with Crippen LogP contribution in [0.1, 0.15) is 48.6 Å². The summed E-state index contributed by atoms with van der Waals surface area (Å²) in [6, 6.07) is 13.2. The lowest BCUT2D eigenvalue weighted by Crippen LogP contribution is -1.94. The fourth-order valence-corrected chi connectivity index (χ4v) is 2.83. The molecule has 2 aromatic rings. The SMILES string of the molecule is c1ccc(C2CC2)c(-c2ncccc2C2CC2)c1. The molecule has 90 valence electrons. The van der Waals surface area contributed by atoms with Crippen molar-refractivity contribution in [2.45, 2.75) is 37.5 Å². The topological polar surface area (TPSA) is 12.9 Å². The van der Waals surface area contributed by atoms with Crippen molar-refractivity contribution in [2.24, 2.45) is 0 Å². The molecular weight excluding hydrogens is 218 g/mol. The van der Waals surface area contributed by atoms with Crippen LogP contribution in [0.15, 0.2) is 42.6 Å². The molecule has 2 fully saturated rings. The quantitative estimate of drug-likeness (QED) is 0.763. The van der Waals surface area contributed by atoms with E-state index < -0.39 is 0 Å². The van der Waals surface area contributed by atoms with Crippen LogP contribution in [0.3, 0.4) is 0 Å². The van der Waals surface area contributed by atoms with E-state index in [2.05, 4.69) is 41.4 Å². The van der Waals surface area contributed by atoms with E-state index in [-0.39, 0.29) is 0 Å². The molecule has 2 aliphatic carbocycles. The summed E-state index contributed by atoms with van der Waals surface area (Å²) >= 11 is 0. The zero-order valence-electron chi connectivity index (χ0n) is 10.5. The van der Waals surface area contributed by atoms with E-state index in [4.69, 9.17) is 0 Å². The second-order valence-electron chi connectivity index (χ2n) is 5.58. The van der Waals surface area contributed by atoms with Crippen LogP contribution < -0.4 is 0 Å². The summed E-state index contributed by atoms with van der Waals surface area (Å²) in [7, 11) is 0. The minimum absolute atomic E-state index is 0.765. The monoisotopic (exact) mass is 235 g/mol. The zero-order chi connectivity index (χ0) is 11.9. The van der Waals surface area contributed by atoms with Crippen LogP contribution in [-0.2, 0) is 0 Å². The van der Waals surface area contributed by atoms with Crippen molar-refractivity contribution in [2.75, 3.05) is 0 Å². The number of benzene rings is 1. The molecule has 1 nitrogen and oxygen atoms in total. The van der Waals surface area contributed by atoms with Gasteiger partial charge in [-0.3, -0.25) is 4.98 Å². The summed E-state index contributed by atoms with van der Waals surface area (Å²) in [6.07, 6.45) is 7.31. The molecule has 0 aliphatic heterocycles. The number of rotatable bonds is 3. The highest BCUT2D eigenvalue weighted by atomic mass is 14.7. The van der Waals surface area contributed by atoms with Gasteiger partial charge in [0.2, 0.25) is 0 Å². The third-order valence-corrected chi connectivity index (χ3v) is 4.09. The molecule has 1 aromatic carbocycles. The maximum Gasteiger partial charge on any atom is 0.0739 e. The molecule has 1 heteroatoms. The van der Waals surface area contributed by atoms with Crippen molar-refractivity contribution < 1.29 is 0 Å². The smallest absolute Gasteiger partial charge is 0.0739 e. The minimum atomic E-state index is 0.765. The van der Waals surface area contributed by atoms with Crippen LogP contribution in [0.25, 0.3) is 11.3 Å². The Balaban J connectivity index is 1.87. The zero-order valence-corrected chi connectivity index (χ0v) is 10.5. The molecule has 18 heavy (non-hydrogen) atoms. The molecule has 0 saturated heterocycles. The Morgan fingerprint density at radius 3 is 2.22 bits per heavy atom. The van der Waals surface area contributed by atoms with Gasteiger partial charge in [-0.15, -0.1) is 0 Å². The molecule has 1 heterocycles. The lowest BCUT2D eigenvalue weighted by Gasteiger charge is -2.12. The van der Waals surface area contributed by atoms with Gasteiger partial charge in [0.25, 0.3) is 0 Å². The Hall–Kier alpha value is -1.63. The van der Waals surface area contributed by atoms with Crippen LogP contribution in [0.5, 0.6) is 0 Å². The van der Waals surface area contributed by atoms with Gasteiger partial charge in [0, 0.05) is 11.8 Å². The predicted octanol–water partition coefficient (Wildman–Crippen LogP) is 4.50. The Labute approximate surface area is 108 Å². The van der Waals surface area contributed by atoms with Gasteiger partial charge in [0.05, 0.1) is 5.69 Å². The molecule has 4 rings (SSSR count). The highest BCUT2D eigenvalue weighted by Crippen LogP contribution is 2.48. The largest absolute Gasteiger partial charge is 0.256 e. The van der Waals surface area contributed by atoms with Crippen molar-refractivity contribution in [3.05, 3.63) is 53.7 Å². The second-order valence-corrected chi connectivity index (χ2v) is 5.58. The molecule has 2 aliphatic rings. The van der Waals surface area contributed by atoms with Gasteiger partial charge in [-0.1, -0.05) is 30.3 Å². The molecule has 0 amide bonds. The molecule has 0 spiro atoms. The number of hydrogen-bond acceptors (Lipinski definition) is 1. The van der Waals surface area contributed by atoms with E-state index >= 15 is 0 Å². The molecule has 0 unspecified atom stereocenters. The predicted molar refractivity (Wildman–Crippen MR) is 73.6 cm³/mol. The van der Waals surface area contributed by atoms with Gasteiger partial charge in [-0.2, -0.15) is 0 Å². The fourth-order valence-electron chi connectivity index (χ4n) is 2.83. The number of aromatic nitrogens is 1. The summed E-state index contributed by atoms with van der Waals surface area (Å²) in [4.78, 5) is 4.68. The first-order valence-electron chi connectivity index (χ1n) is 6.97. The van der Waals surface area contributed by atoms with Gasteiger partial charge in [0.15, 0.2) is 0 Å². The maximum atomic E-state index is 4.68. The Morgan fingerprint density at radius 1 is 0.778 bits per heavy atom. The minimum Gasteiger partial charge on any atom is -0.256 e. The summed E-state index contributed by atoms with van der Waals surface area (Å²) < 4.78 is 0. The molecule has 2 saturated carbocycles. The van der Waals surface area contributed by atoms with Crippen LogP contribution >= 0.6 is 0 Å². The highest BCUT2D eigenvalue weighted by Gasteiger charge is 2.30. The first kappa shape index (κ1) is 10.3. The van der Waals surface area contributed by atoms with E-state index in [1.54, 1.807) is 0 Å². The van der Waals surface area contributed by atoms with Crippen LogP contribution in [0.4, 0.5) is 0 Å². The molecule has 0 N–H and O–H groups in total. The van der Waals surface area contributed by atoms with Crippen molar-refractivity contribution in [3.63, 3.8) is 0 Å². The van der Waals surface area contributed by atoms with E-state index in [9.17, 15) is 0 Å². The van der Waals surface area contributed by atoms with Crippen molar-refractivity contribution in [1.82, 2.24) is 4.98 Å². The van der Waals surface area contributed by atoms with Gasteiger partial charge >= 0.3 is 0 Å². The maximum absolute atomic E-state index is 4.68. The van der Waals surface area contributed by atoms with Gasteiger partial charge < -0.3 is 0 Å². The highest BCUT2D eigenvalue weighted by molar-refractivity contribution is 5.69. The summed E-state index contributed by atoms with van der Waals surface area (Å²) in [6.45, 7) is 0. The Morgan fingerprint density at radius 2 is 1.44 bits per heavy atom. The lowest BCUT2D eigenvalue weighted by atomic mass is 9.96. The van der Waals surface area contributed by atoms with E-state index in [1.807, 2.05) is 6.20 Å². The number of pyridine rings is 1. The van der Waals surface area contributed by atoms with E-state index in [1.165, 1.54) is 48.1 Å². The second kappa shape index (κ2) is 3.94. The number of hydrogen-bond donors (Lipinski definition) is 0. The average molecular weight is 235 g/mol. The van der Waals surface area contributed by atoms with Crippen molar-refractivity contribution in [3.8, 4) is 11.3 Å². The Bertz CT molecular complexity index is 526. The lowest BCUT2D eigenvalue weighted by molar-refractivity contribution is 1.08. The van der Waals surface area contributed by atoms with Gasteiger partial charge in [-0.25, -0.2) is 0 Å². The summed E-state index contributed by atoms with van der Waals surface area (Å²) in [5.41, 5.74) is 5.59. The normalized spacial score (nSPS) is 18.9. The first-order valence-corrected chi connectivity index (χ1v) is 6.97. The third-order valence-electron chi connectivity index (χ3n) is 4.09. The summed E-state index contributed by atoms with van der Waals surface area (Å²) in [5, 5.41) is 0. The van der Waals surface area contributed by atoms with E-state index in [0.29, 0.717) is 0 Å². The van der Waals surface area contributed by atoms with Gasteiger partial charge in [-0.05, 0) is 54.7 Å². The standard InChI is InChI=1S/C17H17N/c1-2-5-16(14(4-1)12-7-8-12)17-15(13-9-10-13)6-3-11-18-17/h1-6,11-13H,7-10H2. The fraction of sp³-hybridized carbons (Fsp3) is 0.353. The van der Waals surface area contributed by atoms with E-state index in [0.717, 1.165) is 11.8 Å². The van der Waals surface area contributed by atoms with Crippen molar-refractivity contribution >= 4 is 0 Å². The Kier molecular flexibility index (Phi) is 2.26.